The number of pyridine rings is 1. The number of nitrogens with one attached hydrogen (secondary N) is 1. The molecular weight excluding hydrogens is 376 g/mol. The number of para-hydroxylation sites is 1. The Morgan fingerprint density at radius 2 is 1.93 bits per heavy atom. The van der Waals surface area contributed by atoms with E-state index in [2.05, 4.69) is 15.5 Å². The van der Waals surface area contributed by atoms with Gasteiger partial charge in [-0.1, -0.05) is 24.3 Å². The third-order valence-corrected chi connectivity index (χ3v) is 3.86. The van der Waals surface area contributed by atoms with Crippen LogP contribution in [0.4, 0.5) is 11.5 Å². The average Bonchev–Trinajstić information content (AvgIpc) is 2.73. The highest BCUT2D eigenvalue weighted by Crippen LogP contribution is 2.18. The van der Waals surface area contributed by atoms with Gasteiger partial charge in [-0.2, -0.15) is 5.10 Å². The quantitative estimate of drug-likeness (QED) is 0.340. The average molecular weight is 392 g/mol. The number of hydrogen-bond acceptors (Lipinski definition) is 7. The van der Waals surface area contributed by atoms with Gasteiger partial charge >= 0.3 is 5.97 Å². The monoisotopic (exact) mass is 392 g/mol. The number of nitro groups is 1. The van der Waals surface area contributed by atoms with Crippen molar-refractivity contribution in [1.82, 2.24) is 4.98 Å². The van der Waals surface area contributed by atoms with Crippen molar-refractivity contribution in [3.8, 4) is 5.75 Å². The minimum absolute atomic E-state index is 0.102. The summed E-state index contributed by atoms with van der Waals surface area (Å²) in [6.07, 6.45) is 2.69. The van der Waals surface area contributed by atoms with Gasteiger partial charge in [0.15, 0.2) is 0 Å². The summed E-state index contributed by atoms with van der Waals surface area (Å²) < 4.78 is 5.81. The standard InChI is InChI=1S/C20H16N4O5/c25-20(26)15-7-5-14(6-8-15)13-29-18-4-2-1-3-16(18)11-22-23-19-10-9-17(12-21-19)24(27)28/h1-12H,13H2,(H,21,23)(H,25,26)/b22-11+. The fourth-order valence-electron chi connectivity index (χ4n) is 2.35. The van der Waals surface area contributed by atoms with E-state index in [9.17, 15) is 14.9 Å². The van der Waals surface area contributed by atoms with Crippen molar-refractivity contribution < 1.29 is 19.6 Å². The molecule has 146 valence electrons. The SMILES string of the molecule is O=C(O)c1ccc(COc2ccccc2/C=N/Nc2ccc([N+](=O)[O-])cn2)cc1. The molecule has 0 aliphatic carbocycles. The molecular formula is C20H16N4O5. The van der Waals surface area contributed by atoms with Crippen LogP contribution in [0, 0.1) is 10.1 Å². The third kappa shape index (κ3) is 5.36. The van der Waals surface area contributed by atoms with Crippen LogP contribution < -0.4 is 10.2 Å². The number of benzene rings is 2. The molecule has 0 amide bonds. The van der Waals surface area contributed by atoms with Gasteiger partial charge in [0, 0.05) is 11.6 Å². The maximum absolute atomic E-state index is 10.9. The Labute approximate surface area is 165 Å². The highest BCUT2D eigenvalue weighted by atomic mass is 16.6. The molecule has 0 saturated carbocycles. The molecule has 3 aromatic rings. The van der Waals surface area contributed by atoms with E-state index in [0.29, 0.717) is 17.1 Å². The van der Waals surface area contributed by atoms with Crippen molar-refractivity contribution in [2.45, 2.75) is 6.61 Å². The number of carbonyl (C=O) groups is 1. The molecule has 2 aromatic carbocycles. The molecule has 0 radical (unpaired) electrons. The highest BCUT2D eigenvalue weighted by Gasteiger charge is 2.06. The molecule has 0 aliphatic rings. The molecule has 0 fully saturated rings. The summed E-state index contributed by atoms with van der Waals surface area (Å²) in [5, 5.41) is 23.7. The van der Waals surface area contributed by atoms with Crippen molar-refractivity contribution in [2.75, 3.05) is 5.43 Å². The summed E-state index contributed by atoms with van der Waals surface area (Å²) in [5.41, 5.74) is 4.36. The second kappa shape index (κ2) is 9.09. The van der Waals surface area contributed by atoms with Crippen molar-refractivity contribution >= 4 is 23.7 Å². The summed E-state index contributed by atoms with van der Waals surface area (Å²) >= 11 is 0. The van der Waals surface area contributed by atoms with Gasteiger partial charge < -0.3 is 9.84 Å². The van der Waals surface area contributed by atoms with Gasteiger partial charge in [-0.3, -0.25) is 15.5 Å². The number of ether oxygens (including phenoxy) is 1. The predicted molar refractivity (Wildman–Crippen MR) is 106 cm³/mol. The van der Waals surface area contributed by atoms with Crippen molar-refractivity contribution in [3.05, 3.63) is 93.7 Å². The second-order valence-corrected chi connectivity index (χ2v) is 5.86. The Hall–Kier alpha value is -4.27. The number of nitrogens with zero attached hydrogens (tertiary/aromatic N) is 3. The summed E-state index contributed by atoms with van der Waals surface area (Å²) in [7, 11) is 0. The lowest BCUT2D eigenvalue weighted by atomic mass is 10.1. The van der Waals surface area contributed by atoms with E-state index in [-0.39, 0.29) is 17.9 Å². The molecule has 29 heavy (non-hydrogen) atoms. The number of rotatable bonds is 8. The molecule has 9 nitrogen and oxygen atoms in total. The zero-order chi connectivity index (χ0) is 20.6. The maximum atomic E-state index is 10.9. The van der Waals surface area contributed by atoms with Crippen molar-refractivity contribution in [1.29, 1.82) is 0 Å². The number of aromatic carboxylic acids is 1. The zero-order valence-electron chi connectivity index (χ0n) is 15.1. The molecule has 9 heteroatoms. The molecule has 3 rings (SSSR count). The van der Waals surface area contributed by atoms with Gasteiger partial charge in [0.25, 0.3) is 5.69 Å². The van der Waals surface area contributed by atoms with Crippen LogP contribution in [0.25, 0.3) is 0 Å². The first-order valence-electron chi connectivity index (χ1n) is 8.46. The minimum atomic E-state index is -0.978. The van der Waals surface area contributed by atoms with Crippen LogP contribution in [0.15, 0.2) is 72.0 Å². The largest absolute Gasteiger partial charge is 0.488 e. The first-order chi connectivity index (χ1) is 14.0. The molecule has 0 saturated heterocycles. The number of aromatic nitrogens is 1. The van der Waals surface area contributed by atoms with Gasteiger partial charge in [-0.15, -0.1) is 0 Å². The van der Waals surface area contributed by atoms with Crippen LogP contribution in [0.2, 0.25) is 0 Å². The van der Waals surface area contributed by atoms with E-state index in [1.54, 1.807) is 24.4 Å². The lowest BCUT2D eigenvalue weighted by molar-refractivity contribution is -0.385. The Morgan fingerprint density at radius 1 is 1.17 bits per heavy atom. The summed E-state index contributed by atoms with van der Waals surface area (Å²) in [4.78, 5) is 24.9. The summed E-state index contributed by atoms with van der Waals surface area (Å²) in [5.74, 6) is -0.0187. The zero-order valence-corrected chi connectivity index (χ0v) is 15.1. The van der Waals surface area contributed by atoms with Crippen LogP contribution in [-0.2, 0) is 6.61 Å². The molecule has 2 N–H and O–H groups in total. The fourth-order valence-corrected chi connectivity index (χ4v) is 2.35. The lowest BCUT2D eigenvalue weighted by Crippen LogP contribution is -2.01. The van der Waals surface area contributed by atoms with Crippen LogP contribution in [0.1, 0.15) is 21.5 Å². The number of hydrogen-bond donors (Lipinski definition) is 2. The van der Waals surface area contributed by atoms with E-state index in [1.807, 2.05) is 18.2 Å². The molecule has 0 atom stereocenters. The lowest BCUT2D eigenvalue weighted by Gasteiger charge is -2.09. The predicted octanol–water partition coefficient (Wildman–Crippen LogP) is 3.71. The van der Waals surface area contributed by atoms with E-state index in [0.717, 1.165) is 11.8 Å². The van der Waals surface area contributed by atoms with Gasteiger partial charge in [0.05, 0.1) is 16.7 Å². The van der Waals surface area contributed by atoms with Gasteiger partial charge in [-0.25, -0.2) is 9.78 Å². The van der Waals surface area contributed by atoms with Gasteiger partial charge in [-0.05, 0) is 35.9 Å². The maximum Gasteiger partial charge on any atom is 0.335 e. The van der Waals surface area contributed by atoms with E-state index in [4.69, 9.17) is 9.84 Å². The van der Waals surface area contributed by atoms with Crippen LogP contribution in [-0.4, -0.2) is 27.2 Å². The second-order valence-electron chi connectivity index (χ2n) is 5.86. The van der Waals surface area contributed by atoms with Crippen LogP contribution >= 0.6 is 0 Å². The molecule has 0 aliphatic heterocycles. The third-order valence-electron chi connectivity index (χ3n) is 3.86. The first-order valence-corrected chi connectivity index (χ1v) is 8.46. The van der Waals surface area contributed by atoms with Gasteiger partial charge in [0.2, 0.25) is 0 Å². The smallest absolute Gasteiger partial charge is 0.335 e. The Kier molecular flexibility index (Phi) is 6.11. The molecule has 0 bridgehead atoms. The molecule has 1 aromatic heterocycles. The van der Waals surface area contributed by atoms with E-state index in [1.165, 1.54) is 24.3 Å². The van der Waals surface area contributed by atoms with Crippen molar-refractivity contribution in [3.63, 3.8) is 0 Å². The van der Waals surface area contributed by atoms with Crippen molar-refractivity contribution in [2.24, 2.45) is 5.10 Å². The van der Waals surface area contributed by atoms with E-state index >= 15 is 0 Å². The van der Waals surface area contributed by atoms with E-state index < -0.39 is 10.9 Å². The highest BCUT2D eigenvalue weighted by molar-refractivity contribution is 5.87. The fraction of sp³-hybridized carbons (Fsp3) is 0.0500. The Morgan fingerprint density at radius 3 is 2.59 bits per heavy atom. The molecule has 0 spiro atoms. The van der Waals surface area contributed by atoms with Crippen LogP contribution in [0.5, 0.6) is 5.75 Å². The summed E-state index contributed by atoms with van der Waals surface area (Å²) in [6, 6.07) is 16.5. The van der Waals surface area contributed by atoms with Crippen LogP contribution in [0.3, 0.4) is 0 Å². The molecule has 1 heterocycles. The van der Waals surface area contributed by atoms with Gasteiger partial charge in [0.1, 0.15) is 24.4 Å². The Balaban J connectivity index is 1.63. The minimum Gasteiger partial charge on any atom is -0.488 e. The number of anilines is 1. The topological polar surface area (TPSA) is 127 Å². The first kappa shape index (κ1) is 19.5. The Bertz CT molecular complexity index is 1030. The normalized spacial score (nSPS) is 10.6. The number of hydrazone groups is 1. The summed E-state index contributed by atoms with van der Waals surface area (Å²) in [6.45, 7) is 0.266. The number of carboxylic acid groups (broad SMARTS) is 1. The number of carboxylic acids is 1. The molecule has 0 unspecified atom stereocenters.